The lowest BCUT2D eigenvalue weighted by atomic mass is 10.0. The highest BCUT2D eigenvalue weighted by atomic mass is 127. The summed E-state index contributed by atoms with van der Waals surface area (Å²) in [6.07, 6.45) is 15.6. The molecule has 0 aromatic heterocycles. The molecular formula is C17H36I2. The molecule has 2 heteroatoms. The Morgan fingerprint density at radius 2 is 1.21 bits per heavy atom. The largest absolute Gasteiger partial charge is 0.0864 e. The van der Waals surface area contributed by atoms with Crippen LogP contribution in [0.15, 0.2) is 0 Å². The van der Waals surface area contributed by atoms with E-state index in [1.807, 2.05) is 0 Å². The molecule has 0 heterocycles. The molecule has 1 unspecified atom stereocenters. The number of hydrogen-bond acceptors (Lipinski definition) is 0. The molecule has 1 atom stereocenters. The van der Waals surface area contributed by atoms with Crippen molar-refractivity contribution >= 4 is 45.2 Å². The predicted octanol–water partition coefficient (Wildman–Crippen LogP) is 7.81. The van der Waals surface area contributed by atoms with Crippen LogP contribution in [0.1, 0.15) is 91.4 Å². The standard InChI is InChI=1S/C9H19I.C8H17I/c1-2-3-4-5-6-7-8-9-10;1-3-5-6-8(4-2)7-9/h2-9H2,1H3;8H,3-7H2,1-2H3. The van der Waals surface area contributed by atoms with Crippen LogP contribution in [0, 0.1) is 5.92 Å². The monoisotopic (exact) mass is 494 g/mol. The number of halogens is 2. The minimum Gasteiger partial charge on any atom is -0.0864 e. The van der Waals surface area contributed by atoms with Crippen molar-refractivity contribution in [2.75, 3.05) is 8.86 Å². The molecule has 0 radical (unpaired) electrons. The molecule has 0 aliphatic carbocycles. The molecule has 0 aromatic carbocycles. The quantitative estimate of drug-likeness (QED) is 0.148. The Morgan fingerprint density at radius 3 is 1.63 bits per heavy atom. The molecule has 19 heavy (non-hydrogen) atoms. The van der Waals surface area contributed by atoms with Gasteiger partial charge in [-0.15, -0.1) is 0 Å². The summed E-state index contributed by atoms with van der Waals surface area (Å²) in [6, 6.07) is 0. The molecule has 0 amide bonds. The fourth-order valence-corrected chi connectivity index (χ4v) is 3.54. The van der Waals surface area contributed by atoms with Crippen LogP contribution >= 0.6 is 45.2 Å². The van der Waals surface area contributed by atoms with Gasteiger partial charge >= 0.3 is 0 Å². The second kappa shape index (κ2) is 21.8. The summed E-state index contributed by atoms with van der Waals surface area (Å²) in [4.78, 5) is 0. The molecule has 0 rings (SSSR count). The van der Waals surface area contributed by atoms with Gasteiger partial charge in [-0.3, -0.25) is 0 Å². The third-order valence-electron chi connectivity index (χ3n) is 3.50. The van der Waals surface area contributed by atoms with E-state index in [4.69, 9.17) is 0 Å². The highest BCUT2D eigenvalue weighted by molar-refractivity contribution is 14.1. The fraction of sp³-hybridized carbons (Fsp3) is 1.00. The number of unbranched alkanes of at least 4 members (excludes halogenated alkanes) is 7. The van der Waals surface area contributed by atoms with Crippen molar-refractivity contribution in [3.8, 4) is 0 Å². The molecular weight excluding hydrogens is 458 g/mol. The van der Waals surface area contributed by atoms with Gasteiger partial charge in [-0.2, -0.15) is 0 Å². The summed E-state index contributed by atoms with van der Waals surface area (Å²) in [6.45, 7) is 6.82. The summed E-state index contributed by atoms with van der Waals surface area (Å²) in [5.74, 6) is 0.991. The van der Waals surface area contributed by atoms with Crippen LogP contribution in [0.4, 0.5) is 0 Å². The Morgan fingerprint density at radius 1 is 0.684 bits per heavy atom. The van der Waals surface area contributed by atoms with Crippen LogP contribution in [0.5, 0.6) is 0 Å². The van der Waals surface area contributed by atoms with E-state index in [1.165, 1.54) is 79.5 Å². The van der Waals surface area contributed by atoms with Gasteiger partial charge in [0.2, 0.25) is 0 Å². The van der Waals surface area contributed by atoms with E-state index < -0.39 is 0 Å². The first-order chi connectivity index (χ1) is 9.26. The average molecular weight is 494 g/mol. The van der Waals surface area contributed by atoms with Crippen LogP contribution in [-0.2, 0) is 0 Å². The van der Waals surface area contributed by atoms with Crippen molar-refractivity contribution in [1.29, 1.82) is 0 Å². The molecule has 0 saturated heterocycles. The smallest absolute Gasteiger partial charge is 0.00236 e. The van der Waals surface area contributed by atoms with Gasteiger partial charge in [0, 0.05) is 4.43 Å². The molecule has 0 aromatic rings. The van der Waals surface area contributed by atoms with Gasteiger partial charge in [0.15, 0.2) is 0 Å². The number of hydrogen-bond donors (Lipinski definition) is 0. The fourth-order valence-electron chi connectivity index (χ4n) is 1.93. The van der Waals surface area contributed by atoms with Gasteiger partial charge in [-0.1, -0.05) is 124 Å². The lowest BCUT2D eigenvalue weighted by Gasteiger charge is -2.08. The summed E-state index contributed by atoms with van der Waals surface area (Å²) < 4.78 is 2.68. The summed E-state index contributed by atoms with van der Waals surface area (Å²) in [5.41, 5.74) is 0. The first-order valence-electron chi connectivity index (χ1n) is 8.38. The van der Waals surface area contributed by atoms with E-state index in [-0.39, 0.29) is 0 Å². The van der Waals surface area contributed by atoms with Gasteiger partial charge in [-0.05, 0) is 23.2 Å². The minimum atomic E-state index is 0.991. The third kappa shape index (κ3) is 21.9. The topological polar surface area (TPSA) is 0 Å². The van der Waals surface area contributed by atoms with E-state index in [2.05, 4.69) is 66.0 Å². The van der Waals surface area contributed by atoms with Gasteiger partial charge in [-0.25, -0.2) is 0 Å². The molecule has 0 fully saturated rings. The van der Waals surface area contributed by atoms with Crippen LogP contribution < -0.4 is 0 Å². The maximum atomic E-state index is 2.49. The Labute approximate surface area is 150 Å². The van der Waals surface area contributed by atoms with Crippen LogP contribution in [-0.4, -0.2) is 8.86 Å². The van der Waals surface area contributed by atoms with Crippen molar-refractivity contribution < 1.29 is 0 Å². The lowest BCUT2D eigenvalue weighted by molar-refractivity contribution is 0.505. The highest BCUT2D eigenvalue weighted by Crippen LogP contribution is 2.14. The molecule has 0 bridgehead atoms. The summed E-state index contributed by atoms with van der Waals surface area (Å²) >= 11 is 4.95. The Bertz CT molecular complexity index is 125. The SMILES string of the molecule is CCCCC(CC)CI.CCCCCCCCCI. The third-order valence-corrected chi connectivity index (χ3v) is 5.51. The van der Waals surface area contributed by atoms with Crippen molar-refractivity contribution in [2.24, 2.45) is 5.92 Å². The zero-order chi connectivity index (χ0) is 14.8. The molecule has 118 valence electrons. The minimum absolute atomic E-state index is 0.991. The number of alkyl halides is 2. The van der Waals surface area contributed by atoms with Crippen molar-refractivity contribution in [3.05, 3.63) is 0 Å². The van der Waals surface area contributed by atoms with E-state index in [0.717, 1.165) is 5.92 Å². The molecule has 0 nitrogen and oxygen atoms in total. The van der Waals surface area contributed by atoms with Crippen molar-refractivity contribution in [3.63, 3.8) is 0 Å². The van der Waals surface area contributed by atoms with E-state index in [0.29, 0.717) is 0 Å². The second-order valence-corrected chi connectivity index (χ2v) is 7.34. The Hall–Kier alpha value is 1.46. The van der Waals surface area contributed by atoms with Crippen molar-refractivity contribution in [2.45, 2.75) is 91.4 Å². The van der Waals surface area contributed by atoms with Crippen molar-refractivity contribution in [1.82, 2.24) is 0 Å². The average Bonchev–Trinajstić information content (AvgIpc) is 2.45. The van der Waals surface area contributed by atoms with Gasteiger partial charge in [0.05, 0.1) is 0 Å². The molecule has 0 aliphatic rings. The molecule has 0 saturated carbocycles. The number of rotatable bonds is 12. The highest BCUT2D eigenvalue weighted by Gasteiger charge is 2.01. The van der Waals surface area contributed by atoms with Gasteiger partial charge in [0.1, 0.15) is 0 Å². The van der Waals surface area contributed by atoms with Gasteiger partial charge in [0.25, 0.3) is 0 Å². The Kier molecular flexibility index (Phi) is 26.0. The van der Waals surface area contributed by atoms with Crippen LogP contribution in [0.25, 0.3) is 0 Å². The molecule has 0 spiro atoms. The van der Waals surface area contributed by atoms with Crippen LogP contribution in [0.3, 0.4) is 0 Å². The maximum Gasteiger partial charge on any atom is 0.00236 e. The van der Waals surface area contributed by atoms with Crippen LogP contribution in [0.2, 0.25) is 0 Å². The zero-order valence-electron chi connectivity index (χ0n) is 13.5. The van der Waals surface area contributed by atoms with E-state index >= 15 is 0 Å². The zero-order valence-corrected chi connectivity index (χ0v) is 17.8. The predicted molar refractivity (Wildman–Crippen MR) is 109 cm³/mol. The second-order valence-electron chi connectivity index (χ2n) is 5.38. The van der Waals surface area contributed by atoms with Gasteiger partial charge < -0.3 is 0 Å². The van der Waals surface area contributed by atoms with E-state index in [9.17, 15) is 0 Å². The summed E-state index contributed by atoms with van der Waals surface area (Å²) in [5, 5.41) is 0. The summed E-state index contributed by atoms with van der Waals surface area (Å²) in [7, 11) is 0. The Balaban J connectivity index is 0. The molecule has 0 aliphatic heterocycles. The maximum absolute atomic E-state index is 2.49. The normalized spacial score (nSPS) is 11.8. The first kappa shape index (κ1) is 22.7. The first-order valence-corrected chi connectivity index (χ1v) is 11.4. The lowest BCUT2D eigenvalue weighted by Crippen LogP contribution is -1.98. The van der Waals surface area contributed by atoms with E-state index in [1.54, 1.807) is 0 Å². The molecule has 0 N–H and O–H groups in total.